The van der Waals surface area contributed by atoms with Crippen molar-refractivity contribution in [3.8, 4) is 17.0 Å². The number of aliphatic hydroxyl groups excluding tert-OH is 3. The average molecular weight is 437 g/mol. The van der Waals surface area contributed by atoms with Crippen molar-refractivity contribution in [2.45, 2.75) is 30.0 Å². The van der Waals surface area contributed by atoms with Gasteiger partial charge in [0.2, 0.25) is 17.7 Å². The zero-order valence-corrected chi connectivity index (χ0v) is 15.3. The number of halogens is 2. The van der Waals surface area contributed by atoms with E-state index in [9.17, 15) is 28.1 Å². The van der Waals surface area contributed by atoms with Crippen molar-refractivity contribution in [3.63, 3.8) is 0 Å². The van der Waals surface area contributed by atoms with Crippen LogP contribution in [-0.4, -0.2) is 68.3 Å². The van der Waals surface area contributed by atoms with Crippen LogP contribution in [-0.2, 0) is 14.9 Å². The van der Waals surface area contributed by atoms with Gasteiger partial charge in [0, 0.05) is 17.8 Å². The van der Waals surface area contributed by atoms with Gasteiger partial charge in [0.15, 0.2) is 10.9 Å². The van der Waals surface area contributed by atoms with Gasteiger partial charge in [-0.15, -0.1) is 0 Å². The van der Waals surface area contributed by atoms with Gasteiger partial charge in [-0.05, 0) is 18.2 Å². The lowest BCUT2D eigenvalue weighted by molar-refractivity contribution is -0.254. The summed E-state index contributed by atoms with van der Waals surface area (Å²) in [6.45, 7) is 0. The van der Waals surface area contributed by atoms with Gasteiger partial charge in [-0.2, -0.15) is 12.8 Å². The predicted molar refractivity (Wildman–Crippen MR) is 91.3 cm³/mol. The van der Waals surface area contributed by atoms with Crippen molar-refractivity contribution < 1.29 is 42.2 Å². The van der Waals surface area contributed by atoms with Crippen LogP contribution in [0, 0.1) is 5.95 Å². The van der Waals surface area contributed by atoms with E-state index in [2.05, 4.69) is 9.97 Å². The molecule has 1 aliphatic heterocycles. The van der Waals surface area contributed by atoms with E-state index in [0.717, 1.165) is 6.07 Å². The molecule has 1 fully saturated rings. The summed E-state index contributed by atoms with van der Waals surface area (Å²) >= 11 is 6.02. The molecule has 4 N–H and O–H groups in total. The van der Waals surface area contributed by atoms with Crippen LogP contribution in [0.4, 0.5) is 4.39 Å². The molecule has 10 nitrogen and oxygen atoms in total. The molecule has 0 spiro atoms. The quantitative estimate of drug-likeness (QED) is 0.378. The summed E-state index contributed by atoms with van der Waals surface area (Å²) < 4.78 is 55.0. The molecule has 0 amide bonds. The molecular formula is C15H14ClFN2O8S. The van der Waals surface area contributed by atoms with Crippen LogP contribution < -0.4 is 4.74 Å². The fraction of sp³-hybridized carbons (Fsp3) is 0.333. The zero-order valence-electron chi connectivity index (χ0n) is 13.8. The van der Waals surface area contributed by atoms with Crippen LogP contribution in [0.3, 0.4) is 0 Å². The highest BCUT2D eigenvalue weighted by Crippen LogP contribution is 2.31. The maximum atomic E-state index is 13.2. The minimum atomic E-state index is -4.93. The first-order valence-corrected chi connectivity index (χ1v) is 9.57. The summed E-state index contributed by atoms with van der Waals surface area (Å²) in [5.74, 6) is -0.889. The highest BCUT2D eigenvalue weighted by Gasteiger charge is 2.50. The van der Waals surface area contributed by atoms with Gasteiger partial charge >= 0.3 is 0 Å². The first-order chi connectivity index (χ1) is 13.1. The summed E-state index contributed by atoms with van der Waals surface area (Å²) in [6.07, 6.45) is -6.52. The van der Waals surface area contributed by atoms with E-state index in [1.54, 1.807) is 0 Å². The molecule has 0 bridgehead atoms. The molecule has 152 valence electrons. The second kappa shape index (κ2) is 7.83. The monoisotopic (exact) mass is 436 g/mol. The smallest absolute Gasteiger partial charge is 0.295 e. The lowest BCUT2D eigenvalue weighted by atomic mass is 10.1. The number of nitrogens with zero attached hydrogens (tertiary/aromatic N) is 2. The Balaban J connectivity index is 1.84. The van der Waals surface area contributed by atoms with Crippen LogP contribution in [0.1, 0.15) is 0 Å². The van der Waals surface area contributed by atoms with Gasteiger partial charge in [-0.3, -0.25) is 4.55 Å². The van der Waals surface area contributed by atoms with Gasteiger partial charge in [0.05, 0.1) is 5.69 Å². The number of rotatable bonds is 4. The van der Waals surface area contributed by atoms with Crippen LogP contribution in [0.2, 0.25) is 5.15 Å². The molecule has 0 radical (unpaired) electrons. The molecule has 0 aliphatic carbocycles. The summed E-state index contributed by atoms with van der Waals surface area (Å²) in [5.41, 5.74) is -1.60. The fourth-order valence-corrected chi connectivity index (χ4v) is 3.48. The molecule has 1 unspecified atom stereocenters. The molecule has 13 heteroatoms. The van der Waals surface area contributed by atoms with Crippen LogP contribution >= 0.6 is 11.6 Å². The van der Waals surface area contributed by atoms with E-state index in [4.69, 9.17) is 25.6 Å². The third kappa shape index (κ3) is 4.22. The fourth-order valence-electron chi connectivity index (χ4n) is 2.52. The maximum absolute atomic E-state index is 13.2. The summed E-state index contributed by atoms with van der Waals surface area (Å²) in [6, 6.07) is 5.31. The minimum absolute atomic E-state index is 0.165. The molecule has 2 aromatic heterocycles. The first-order valence-electron chi connectivity index (χ1n) is 7.69. The van der Waals surface area contributed by atoms with Gasteiger partial charge in [0.1, 0.15) is 18.3 Å². The largest absolute Gasteiger partial charge is 0.459 e. The number of hydrogen-bond acceptors (Lipinski definition) is 9. The Kier molecular flexibility index (Phi) is 5.82. The zero-order chi connectivity index (χ0) is 20.6. The Hall–Kier alpha value is -1.93. The molecular weight excluding hydrogens is 423 g/mol. The third-order valence-corrected chi connectivity index (χ3v) is 5.15. The van der Waals surface area contributed by atoms with E-state index in [1.807, 2.05) is 0 Å². The molecule has 3 heterocycles. The number of aliphatic hydroxyl groups is 3. The Morgan fingerprint density at radius 2 is 1.86 bits per heavy atom. The molecule has 3 rings (SSSR count). The van der Waals surface area contributed by atoms with Crippen molar-refractivity contribution >= 4 is 21.7 Å². The highest BCUT2D eigenvalue weighted by molar-refractivity contribution is 7.86. The van der Waals surface area contributed by atoms with Gasteiger partial charge in [-0.1, -0.05) is 11.6 Å². The minimum Gasteiger partial charge on any atom is -0.459 e. The first kappa shape index (κ1) is 20.8. The van der Waals surface area contributed by atoms with E-state index in [0.29, 0.717) is 5.56 Å². The van der Waals surface area contributed by atoms with Gasteiger partial charge < -0.3 is 24.8 Å². The second-order valence-corrected chi connectivity index (χ2v) is 7.68. The second-order valence-electron chi connectivity index (χ2n) is 5.83. The van der Waals surface area contributed by atoms with Crippen molar-refractivity contribution in [1.29, 1.82) is 0 Å². The molecule has 5 atom stereocenters. The molecule has 0 saturated carbocycles. The number of ether oxygens (including phenoxy) is 2. The number of hydrogen-bond donors (Lipinski definition) is 4. The van der Waals surface area contributed by atoms with Crippen molar-refractivity contribution in [1.82, 2.24) is 9.97 Å². The van der Waals surface area contributed by atoms with Crippen molar-refractivity contribution in [3.05, 3.63) is 41.6 Å². The van der Waals surface area contributed by atoms with Crippen molar-refractivity contribution in [2.24, 2.45) is 0 Å². The summed E-state index contributed by atoms with van der Waals surface area (Å²) in [7, 11) is -4.93. The summed E-state index contributed by atoms with van der Waals surface area (Å²) in [4.78, 5) is 7.43. The van der Waals surface area contributed by atoms with E-state index in [1.165, 1.54) is 24.4 Å². The maximum Gasteiger partial charge on any atom is 0.295 e. The Labute approximate surface area is 162 Å². The lowest BCUT2D eigenvalue weighted by Crippen LogP contribution is -2.61. The molecule has 28 heavy (non-hydrogen) atoms. The molecule has 0 aromatic carbocycles. The van der Waals surface area contributed by atoms with Crippen LogP contribution in [0.5, 0.6) is 5.75 Å². The Morgan fingerprint density at radius 1 is 1.14 bits per heavy atom. The molecule has 2 aromatic rings. The van der Waals surface area contributed by atoms with E-state index in [-0.39, 0.29) is 16.6 Å². The lowest BCUT2D eigenvalue weighted by Gasteiger charge is -2.38. The number of pyridine rings is 2. The third-order valence-electron chi connectivity index (χ3n) is 3.90. The number of aromatic nitrogens is 2. The topological polar surface area (TPSA) is 159 Å². The summed E-state index contributed by atoms with van der Waals surface area (Å²) in [5, 5.41) is 29.2. The predicted octanol–water partition coefficient (Wildman–Crippen LogP) is -0.0322. The van der Waals surface area contributed by atoms with Crippen LogP contribution in [0.25, 0.3) is 11.3 Å². The SMILES string of the molecule is O=S(=O)(O)C1O[C@@H](Oc2ccc(-c3ccnc(F)c3)nc2Cl)[C@H](O)[C@@H](O)[C@@H]1O. The van der Waals surface area contributed by atoms with E-state index < -0.39 is 46.1 Å². The molecule has 1 aliphatic rings. The molecule has 1 saturated heterocycles. The normalized spacial score (nSPS) is 28.1. The highest BCUT2D eigenvalue weighted by atomic mass is 35.5. The average Bonchev–Trinajstić information content (AvgIpc) is 2.62. The van der Waals surface area contributed by atoms with Crippen LogP contribution in [0.15, 0.2) is 30.5 Å². The Morgan fingerprint density at radius 3 is 2.46 bits per heavy atom. The van der Waals surface area contributed by atoms with Gasteiger partial charge in [0.25, 0.3) is 10.1 Å². The van der Waals surface area contributed by atoms with Gasteiger partial charge in [-0.25, -0.2) is 9.97 Å². The Bertz CT molecular complexity index is 978. The standard InChI is InChI=1S/C15H14ClFN2O8S/c16-13-8(2-1-7(19-13)6-3-4-18-9(17)5-6)26-14-11(21)10(20)12(22)15(27-14)28(23,24)25/h1-5,10-12,14-15,20-22H,(H,23,24,25)/t10-,11-,12+,14-,15?/m1/s1. The van der Waals surface area contributed by atoms with Crippen molar-refractivity contribution in [2.75, 3.05) is 0 Å². The van der Waals surface area contributed by atoms with E-state index >= 15 is 0 Å².